The number of hydrazone groups is 1. The first-order valence-electron chi connectivity index (χ1n) is 10.8. The molecule has 0 radical (unpaired) electrons. The second-order valence-electron chi connectivity index (χ2n) is 8.19. The van der Waals surface area contributed by atoms with E-state index in [2.05, 4.69) is 24.4 Å². The SMILES string of the molecule is Cc1ccc(S(=O)(=O)N(CC(=O)N/N=C\c2ccc(C(C)C)cc2)Cc2ccccc2)cc1. The molecule has 6 nitrogen and oxygen atoms in total. The Morgan fingerprint density at radius 2 is 1.61 bits per heavy atom. The summed E-state index contributed by atoms with van der Waals surface area (Å²) in [5, 5.41) is 4.00. The summed E-state index contributed by atoms with van der Waals surface area (Å²) < 4.78 is 27.7. The first kappa shape index (κ1) is 24.4. The number of nitrogens with one attached hydrogen (secondary N) is 1. The molecule has 0 aliphatic carbocycles. The Morgan fingerprint density at radius 1 is 0.970 bits per heavy atom. The molecule has 172 valence electrons. The summed E-state index contributed by atoms with van der Waals surface area (Å²) in [5.74, 6) is -0.0848. The number of carbonyl (C=O) groups is 1. The molecule has 0 aliphatic heterocycles. The lowest BCUT2D eigenvalue weighted by Gasteiger charge is -2.21. The number of sulfonamides is 1. The van der Waals surface area contributed by atoms with Crippen LogP contribution in [0.2, 0.25) is 0 Å². The first-order chi connectivity index (χ1) is 15.8. The molecule has 0 bridgehead atoms. The van der Waals surface area contributed by atoms with Crippen LogP contribution in [0, 0.1) is 6.92 Å². The van der Waals surface area contributed by atoms with Crippen LogP contribution >= 0.6 is 0 Å². The van der Waals surface area contributed by atoms with Gasteiger partial charge in [0.25, 0.3) is 5.91 Å². The van der Waals surface area contributed by atoms with E-state index in [1.54, 1.807) is 24.3 Å². The molecule has 0 fully saturated rings. The summed E-state index contributed by atoms with van der Waals surface area (Å²) in [6.07, 6.45) is 1.54. The highest BCUT2D eigenvalue weighted by atomic mass is 32.2. The van der Waals surface area contributed by atoms with Crippen LogP contribution in [0.4, 0.5) is 0 Å². The number of carbonyl (C=O) groups excluding carboxylic acids is 1. The van der Waals surface area contributed by atoms with Crippen molar-refractivity contribution in [2.24, 2.45) is 5.10 Å². The van der Waals surface area contributed by atoms with Gasteiger partial charge in [-0.15, -0.1) is 0 Å². The molecule has 3 aromatic carbocycles. The Labute approximate surface area is 196 Å². The number of rotatable bonds is 9. The van der Waals surface area contributed by atoms with Gasteiger partial charge in [-0.25, -0.2) is 13.8 Å². The standard InChI is InChI=1S/C26H29N3O3S/c1-20(2)24-13-11-22(12-14-24)17-27-28-26(30)19-29(18-23-7-5-4-6-8-23)33(31,32)25-15-9-21(3)10-16-25/h4-17,20H,18-19H2,1-3H3,(H,28,30)/b27-17-. The quantitative estimate of drug-likeness (QED) is 0.376. The molecule has 33 heavy (non-hydrogen) atoms. The number of amides is 1. The van der Waals surface area contributed by atoms with Gasteiger partial charge in [-0.3, -0.25) is 4.79 Å². The highest BCUT2D eigenvalue weighted by Gasteiger charge is 2.26. The van der Waals surface area contributed by atoms with Crippen LogP contribution in [0.25, 0.3) is 0 Å². The maximum atomic E-state index is 13.3. The Bertz CT molecular complexity index is 1190. The minimum atomic E-state index is -3.88. The molecule has 0 saturated heterocycles. The molecule has 3 aromatic rings. The Balaban J connectivity index is 1.73. The molecule has 0 spiro atoms. The summed E-state index contributed by atoms with van der Waals surface area (Å²) in [6.45, 7) is 5.85. The summed E-state index contributed by atoms with van der Waals surface area (Å²) in [6, 6.07) is 23.7. The van der Waals surface area contributed by atoms with Crippen molar-refractivity contribution in [2.75, 3.05) is 6.54 Å². The van der Waals surface area contributed by atoms with Crippen LogP contribution in [0.1, 0.15) is 42.0 Å². The van der Waals surface area contributed by atoms with Crippen molar-refractivity contribution in [2.45, 2.75) is 38.1 Å². The molecule has 0 atom stereocenters. The van der Waals surface area contributed by atoms with E-state index >= 15 is 0 Å². The van der Waals surface area contributed by atoms with Gasteiger partial charge in [-0.05, 0) is 41.7 Å². The van der Waals surface area contributed by atoms with E-state index in [1.807, 2.05) is 61.5 Å². The molecule has 0 unspecified atom stereocenters. The van der Waals surface area contributed by atoms with Gasteiger partial charge in [0.15, 0.2) is 0 Å². The van der Waals surface area contributed by atoms with Gasteiger partial charge in [-0.1, -0.05) is 86.1 Å². The lowest BCUT2D eigenvalue weighted by molar-refractivity contribution is -0.121. The first-order valence-corrected chi connectivity index (χ1v) is 12.2. The van der Waals surface area contributed by atoms with Gasteiger partial charge in [0.1, 0.15) is 0 Å². The van der Waals surface area contributed by atoms with Gasteiger partial charge < -0.3 is 0 Å². The van der Waals surface area contributed by atoms with Crippen molar-refractivity contribution < 1.29 is 13.2 Å². The predicted octanol–water partition coefficient (Wildman–Crippen LogP) is 4.46. The molecule has 1 amide bonds. The smallest absolute Gasteiger partial charge is 0.255 e. The normalized spacial score (nSPS) is 11.9. The number of hydrogen-bond donors (Lipinski definition) is 1. The van der Waals surface area contributed by atoms with Crippen LogP contribution in [-0.4, -0.2) is 31.4 Å². The van der Waals surface area contributed by atoms with E-state index in [1.165, 1.54) is 11.8 Å². The van der Waals surface area contributed by atoms with Crippen molar-refractivity contribution in [3.8, 4) is 0 Å². The lowest BCUT2D eigenvalue weighted by Crippen LogP contribution is -2.39. The van der Waals surface area contributed by atoms with E-state index in [4.69, 9.17) is 0 Å². The number of benzene rings is 3. The van der Waals surface area contributed by atoms with Gasteiger partial charge in [0, 0.05) is 6.54 Å². The van der Waals surface area contributed by atoms with Crippen LogP contribution in [0.5, 0.6) is 0 Å². The number of nitrogens with zero attached hydrogens (tertiary/aromatic N) is 2. The third-order valence-corrected chi connectivity index (χ3v) is 6.99. The van der Waals surface area contributed by atoms with Crippen molar-refractivity contribution in [3.63, 3.8) is 0 Å². The minimum absolute atomic E-state index is 0.0743. The Kier molecular flexibility index (Phi) is 8.14. The van der Waals surface area contributed by atoms with Crippen LogP contribution in [0.3, 0.4) is 0 Å². The van der Waals surface area contributed by atoms with Crippen molar-refractivity contribution in [1.29, 1.82) is 0 Å². The molecule has 0 heterocycles. The molecule has 0 saturated carbocycles. The van der Waals surface area contributed by atoms with Gasteiger partial charge in [0.05, 0.1) is 17.7 Å². The third kappa shape index (κ3) is 6.84. The lowest BCUT2D eigenvalue weighted by atomic mass is 10.0. The molecule has 0 aliphatic rings. The zero-order chi connectivity index (χ0) is 23.8. The monoisotopic (exact) mass is 463 g/mol. The molecular weight excluding hydrogens is 434 g/mol. The van der Waals surface area contributed by atoms with E-state index in [-0.39, 0.29) is 18.0 Å². The van der Waals surface area contributed by atoms with Gasteiger partial charge >= 0.3 is 0 Å². The highest BCUT2D eigenvalue weighted by molar-refractivity contribution is 7.89. The Hall–Kier alpha value is -3.29. The van der Waals surface area contributed by atoms with Crippen molar-refractivity contribution in [1.82, 2.24) is 9.73 Å². The summed E-state index contributed by atoms with van der Waals surface area (Å²) in [7, 11) is -3.88. The average Bonchev–Trinajstić information content (AvgIpc) is 2.80. The fourth-order valence-corrected chi connectivity index (χ4v) is 4.60. The molecule has 3 rings (SSSR count). The van der Waals surface area contributed by atoms with E-state index in [0.717, 1.165) is 21.0 Å². The topological polar surface area (TPSA) is 78.8 Å². The van der Waals surface area contributed by atoms with Gasteiger partial charge in [-0.2, -0.15) is 9.41 Å². The number of aryl methyl sites for hydroxylation is 1. The van der Waals surface area contributed by atoms with Crippen LogP contribution in [-0.2, 0) is 21.4 Å². The molecular formula is C26H29N3O3S. The zero-order valence-corrected chi connectivity index (χ0v) is 19.9. The zero-order valence-electron chi connectivity index (χ0n) is 19.1. The van der Waals surface area contributed by atoms with Gasteiger partial charge in [0.2, 0.25) is 10.0 Å². The minimum Gasteiger partial charge on any atom is -0.272 e. The molecule has 0 aromatic heterocycles. The van der Waals surface area contributed by atoms with Crippen LogP contribution < -0.4 is 5.43 Å². The highest BCUT2D eigenvalue weighted by Crippen LogP contribution is 2.19. The van der Waals surface area contributed by atoms with Crippen molar-refractivity contribution in [3.05, 3.63) is 101 Å². The maximum absolute atomic E-state index is 13.3. The summed E-state index contributed by atoms with van der Waals surface area (Å²) in [4.78, 5) is 12.7. The van der Waals surface area contributed by atoms with Crippen LogP contribution in [0.15, 0.2) is 88.9 Å². The predicted molar refractivity (Wildman–Crippen MR) is 131 cm³/mol. The molecule has 7 heteroatoms. The van der Waals surface area contributed by atoms with E-state index in [9.17, 15) is 13.2 Å². The second kappa shape index (κ2) is 11.0. The molecule has 1 N–H and O–H groups in total. The second-order valence-corrected chi connectivity index (χ2v) is 10.1. The van der Waals surface area contributed by atoms with Crippen molar-refractivity contribution >= 4 is 22.1 Å². The largest absolute Gasteiger partial charge is 0.272 e. The third-order valence-electron chi connectivity index (χ3n) is 5.19. The maximum Gasteiger partial charge on any atom is 0.255 e. The average molecular weight is 464 g/mol. The summed E-state index contributed by atoms with van der Waals surface area (Å²) >= 11 is 0. The van der Waals surface area contributed by atoms with E-state index < -0.39 is 15.9 Å². The summed E-state index contributed by atoms with van der Waals surface area (Å²) in [5.41, 5.74) is 6.24. The fourth-order valence-electron chi connectivity index (χ4n) is 3.21. The van der Waals surface area contributed by atoms with E-state index in [0.29, 0.717) is 5.92 Å². The number of hydrogen-bond acceptors (Lipinski definition) is 4. The Morgan fingerprint density at radius 3 is 2.21 bits per heavy atom. The fraction of sp³-hybridized carbons (Fsp3) is 0.231.